The predicted octanol–water partition coefficient (Wildman–Crippen LogP) is 23.2. The van der Waals surface area contributed by atoms with Crippen molar-refractivity contribution >= 4 is 106 Å². The maximum Gasteiger partial charge on any atom is 0.335 e. The number of carbonyl (C=O) groups is 3. The second kappa shape index (κ2) is 42.0. The first-order valence-corrected chi connectivity index (χ1v) is 50.2. The summed E-state index contributed by atoms with van der Waals surface area (Å²) in [7, 11) is 8.62. The van der Waals surface area contributed by atoms with Crippen LogP contribution in [0.5, 0.6) is 23.0 Å². The van der Waals surface area contributed by atoms with Crippen molar-refractivity contribution in [2.75, 3.05) is 51.5 Å². The fraction of sp³-hybridized carbons (Fsp3) is 0.386. The van der Waals surface area contributed by atoms with Crippen molar-refractivity contribution in [2.45, 2.75) is 245 Å². The third-order valence-corrected chi connectivity index (χ3v) is 28.2. The Morgan fingerprint density at radius 2 is 0.959 bits per heavy atom. The minimum Gasteiger partial charge on any atom is -0.496 e. The SMILES string of the molecule is CC(=O)N1c2ccc(-c3ccc(C(=O)O)cc3)cc2[C@H](NC(C)C)C[C@@H]1C.CCCn1c(=O)n(C(C)C)c2c3cc(OC)c(-c4c(C)noc4C)cc3ncc21.COc1cc2c(cc1-c1c(C)noc1C)ncc1c2n(C(C)C)c(=O)n1C(C)c1ccn(C)c1.COc1cc2c(cc1-c1c(C)noc1C)ncc1nc(C3CCOCC3)n(C(C)C)c12.COc1cc2c3c(cnc2cc1-c1c(C)noc1C)CC(=O)N3C(C)C. The lowest BCUT2D eigenvalue weighted by Crippen LogP contribution is -2.45. The second-order valence-corrected chi connectivity index (χ2v) is 39.8. The lowest BCUT2D eigenvalue weighted by Gasteiger charge is -2.40. The summed E-state index contributed by atoms with van der Waals surface area (Å²) >= 11 is 0. The van der Waals surface area contributed by atoms with Gasteiger partial charge in [0.25, 0.3) is 0 Å². The number of anilines is 2. The van der Waals surface area contributed by atoms with Crippen LogP contribution in [0.2, 0.25) is 0 Å². The number of carboxylic acids is 1. The molecule has 3 aliphatic heterocycles. The highest BCUT2D eigenvalue weighted by Gasteiger charge is 2.37. The van der Waals surface area contributed by atoms with E-state index < -0.39 is 5.97 Å². The molecule has 2 N–H and O–H groups in total. The molecule has 147 heavy (non-hydrogen) atoms. The van der Waals surface area contributed by atoms with E-state index in [0.29, 0.717) is 42.2 Å². The summed E-state index contributed by atoms with van der Waals surface area (Å²) in [5, 5.41) is 32.8. The van der Waals surface area contributed by atoms with E-state index >= 15 is 0 Å². The van der Waals surface area contributed by atoms with Crippen molar-refractivity contribution in [2.24, 2.45) is 7.05 Å². The van der Waals surface area contributed by atoms with E-state index in [9.17, 15) is 24.0 Å². The molecule has 0 radical (unpaired) electrons. The zero-order chi connectivity index (χ0) is 105. The van der Waals surface area contributed by atoms with Crippen LogP contribution in [-0.4, -0.2) is 156 Å². The van der Waals surface area contributed by atoms with Gasteiger partial charge in [0.2, 0.25) is 11.8 Å². The highest BCUT2D eigenvalue weighted by Crippen LogP contribution is 2.49. The number of fused-ring (bicyclic) bond motifs is 13. The van der Waals surface area contributed by atoms with Gasteiger partial charge in [0.15, 0.2) is 0 Å². The van der Waals surface area contributed by atoms with Crippen molar-refractivity contribution in [1.82, 2.24) is 78.3 Å². The van der Waals surface area contributed by atoms with Crippen LogP contribution < -0.4 is 45.4 Å². The van der Waals surface area contributed by atoms with Crippen LogP contribution in [0.1, 0.15) is 237 Å². The van der Waals surface area contributed by atoms with Crippen molar-refractivity contribution in [3.05, 3.63) is 229 Å². The number of methoxy groups -OCH3 is 4. The van der Waals surface area contributed by atoms with Crippen LogP contribution in [0.25, 0.3) is 132 Å². The summed E-state index contributed by atoms with van der Waals surface area (Å²) < 4.78 is 61.8. The monoisotopic (exact) mass is 1990 g/mol. The van der Waals surface area contributed by atoms with Gasteiger partial charge in [-0.3, -0.25) is 47.8 Å². The maximum absolute atomic E-state index is 13.7. The van der Waals surface area contributed by atoms with Gasteiger partial charge in [0, 0.05) is 156 Å². The van der Waals surface area contributed by atoms with E-state index in [4.69, 9.17) is 66.8 Å². The van der Waals surface area contributed by atoms with Gasteiger partial charge in [0.1, 0.15) is 57.4 Å². The summed E-state index contributed by atoms with van der Waals surface area (Å²) in [5.41, 5.74) is 26.5. The number of nitrogens with zero attached hydrogens (tertiary/aromatic N) is 17. The van der Waals surface area contributed by atoms with Crippen LogP contribution >= 0.6 is 0 Å². The first-order valence-electron chi connectivity index (χ1n) is 50.2. The first-order chi connectivity index (χ1) is 70.3. The average Bonchev–Trinajstić information content (AvgIpc) is 1.57. The minimum atomic E-state index is -0.931. The highest BCUT2D eigenvalue weighted by atomic mass is 16.5. The van der Waals surface area contributed by atoms with Gasteiger partial charge in [-0.15, -0.1) is 0 Å². The van der Waals surface area contributed by atoms with Gasteiger partial charge in [0.05, 0.1) is 165 Å². The number of ether oxygens (including phenoxy) is 5. The minimum absolute atomic E-state index is 0.0000770. The number of aromatic carboxylic acids is 1. The van der Waals surface area contributed by atoms with Gasteiger partial charge < -0.3 is 71.1 Å². The molecule has 33 nitrogen and oxygen atoms in total. The normalized spacial score (nSPS) is 14.5. The van der Waals surface area contributed by atoms with E-state index in [0.717, 1.165) is 257 Å². The lowest BCUT2D eigenvalue weighted by atomic mass is 9.88. The lowest BCUT2D eigenvalue weighted by molar-refractivity contribution is -0.118. The van der Waals surface area contributed by atoms with Gasteiger partial charge >= 0.3 is 17.3 Å². The number of aromatic nitrogens is 15. The number of carboxylic acid groups (broad SMARTS) is 1. The summed E-state index contributed by atoms with van der Waals surface area (Å²) in [6.45, 7) is 46.1. The largest absolute Gasteiger partial charge is 0.496 e. The van der Waals surface area contributed by atoms with E-state index in [2.05, 4.69) is 95.2 Å². The van der Waals surface area contributed by atoms with Crippen LogP contribution in [-0.2, 0) is 34.3 Å². The molecule has 21 rings (SSSR count). The molecule has 1 unspecified atom stereocenters. The van der Waals surface area contributed by atoms with Crippen LogP contribution in [0.4, 0.5) is 11.4 Å². The summed E-state index contributed by atoms with van der Waals surface area (Å²) in [5.74, 6) is 6.60. The Kier molecular flexibility index (Phi) is 29.4. The molecule has 0 spiro atoms. The Morgan fingerprint density at radius 3 is 1.39 bits per heavy atom. The molecule has 0 bridgehead atoms. The molecular formula is C114H130N18O15. The molecule has 766 valence electrons. The molecule has 12 aromatic heterocycles. The fourth-order valence-corrected chi connectivity index (χ4v) is 21.6. The van der Waals surface area contributed by atoms with Crippen LogP contribution in [0.3, 0.4) is 0 Å². The van der Waals surface area contributed by atoms with Gasteiger partial charge in [-0.05, 0) is 251 Å². The predicted molar refractivity (Wildman–Crippen MR) is 573 cm³/mol. The number of nitrogens with one attached hydrogen (secondary N) is 1. The van der Waals surface area contributed by atoms with E-state index in [1.165, 1.54) is 0 Å². The number of amides is 2. The third kappa shape index (κ3) is 19.2. The average molecular weight is 1990 g/mol. The summed E-state index contributed by atoms with van der Waals surface area (Å²) in [6.07, 6.45) is 15.5. The maximum atomic E-state index is 13.7. The third-order valence-electron chi connectivity index (χ3n) is 28.2. The first kappa shape index (κ1) is 103. The number of pyridine rings is 4. The van der Waals surface area contributed by atoms with Crippen molar-refractivity contribution < 1.29 is 61.3 Å². The molecule has 15 heterocycles. The number of benzene rings is 6. The number of aryl methyl sites for hydroxylation is 10. The van der Waals surface area contributed by atoms with E-state index in [-0.39, 0.29) is 71.1 Å². The Bertz CT molecular complexity index is 8150. The molecule has 1 saturated heterocycles. The number of rotatable bonds is 21. The fourth-order valence-electron chi connectivity index (χ4n) is 21.6. The molecule has 3 aliphatic rings. The van der Waals surface area contributed by atoms with Crippen molar-refractivity contribution in [3.8, 4) is 78.6 Å². The number of hydrogen-bond acceptors (Lipinski definition) is 24. The standard InChI is InChI=1S/C26H29N5O3.C24H28N4O3.C22H26N4O3.C22H26N2O3.C20H21N3O3/c1-14(2)30-25-19-11-23(33-7)20(24-15(3)28-34-17(24)5)10-21(19)27-12-22(25)31(26(30)32)16(4)18-8-9-29(6)13-18;1-13(2)28-23-17-11-21(29-5)18(22-14(3)27-31-15(22)4)10-19(17)25-12-20(23)26-24(28)16-6-8-30-9-7-16;1-7-8-25-18-11-23-17-9-16(20-13(4)24-29-14(20)5)19(28-6)10-15(17)21(18)26(12(2)3)22(25)27;1-13(2)23-20-11-14(3)24(15(4)25)21-10-9-18(12-19(20)21)16-5-7-17(8-6-16)22(26)27;1-10(2)23-18(24)6-13-9-21-16-7-15(19-11(3)22-26-12(19)4)17(25-5)8-14(16)20(13)23/h8-14,16H,1-7H3;10-13,16H,6-9H2,1-5H3;9-12H,7-8H2,1-6H3;5-10,12-14,20,23H,11H2,1-4H3,(H,26,27);7-10H,6H2,1-5H3/t;;;14-,20+;/m...0./s1. The van der Waals surface area contributed by atoms with Crippen LogP contribution in [0, 0.1) is 55.4 Å². The number of hydrogen-bond donors (Lipinski definition) is 2. The molecule has 33 heteroatoms. The smallest absolute Gasteiger partial charge is 0.335 e. The van der Waals surface area contributed by atoms with Crippen LogP contribution in [0.15, 0.2) is 162 Å². The van der Waals surface area contributed by atoms with Gasteiger partial charge in [-0.25, -0.2) is 19.4 Å². The molecular weight excluding hydrogens is 1860 g/mol. The van der Waals surface area contributed by atoms with Gasteiger partial charge in [-0.2, -0.15) is 0 Å². The zero-order valence-corrected chi connectivity index (χ0v) is 88.8. The van der Waals surface area contributed by atoms with Crippen molar-refractivity contribution in [1.29, 1.82) is 0 Å². The topological polar surface area (TPSA) is 368 Å². The van der Waals surface area contributed by atoms with E-state index in [1.807, 2.05) is 235 Å². The molecule has 2 amide bonds. The number of imidazole rings is 3. The molecule has 6 aromatic carbocycles. The Morgan fingerprint density at radius 1 is 0.510 bits per heavy atom. The highest BCUT2D eigenvalue weighted by molar-refractivity contribution is 6.12. The Balaban J connectivity index is 0.000000126. The zero-order valence-electron chi connectivity index (χ0n) is 88.8. The van der Waals surface area contributed by atoms with E-state index in [1.54, 1.807) is 59.9 Å². The molecule has 0 aliphatic carbocycles. The van der Waals surface area contributed by atoms with Crippen molar-refractivity contribution in [3.63, 3.8) is 0 Å². The quantitative estimate of drug-likeness (QED) is 0.0674. The summed E-state index contributed by atoms with van der Waals surface area (Å²) in [4.78, 5) is 90.2. The Labute approximate surface area is 852 Å². The Hall–Kier alpha value is -15.4. The summed E-state index contributed by atoms with van der Waals surface area (Å²) in [6, 6.07) is 31.9. The molecule has 1 fully saturated rings. The van der Waals surface area contributed by atoms with Gasteiger partial charge in [-0.1, -0.05) is 59.6 Å². The molecule has 0 saturated carbocycles. The number of carbonyl (C=O) groups excluding carboxylic acids is 2. The second-order valence-electron chi connectivity index (χ2n) is 39.8. The molecule has 18 aromatic rings. The molecule has 3 atom stereocenters.